The zero-order valence-electron chi connectivity index (χ0n) is 8.77. The summed E-state index contributed by atoms with van der Waals surface area (Å²) in [5.41, 5.74) is 0. The molecule has 0 aliphatic heterocycles. The molecule has 0 radical (unpaired) electrons. The van der Waals surface area contributed by atoms with Gasteiger partial charge in [-0.3, -0.25) is 0 Å². The van der Waals surface area contributed by atoms with Gasteiger partial charge in [-0.1, -0.05) is 34.9 Å². The first-order chi connectivity index (χ1) is 6.41. The summed E-state index contributed by atoms with van der Waals surface area (Å²) in [6.07, 6.45) is 2.59. The molecule has 13 heavy (non-hydrogen) atoms. The van der Waals surface area contributed by atoms with Crippen LogP contribution in [0.5, 0.6) is 0 Å². The van der Waals surface area contributed by atoms with Crippen molar-refractivity contribution in [2.45, 2.75) is 19.8 Å². The van der Waals surface area contributed by atoms with Crippen LogP contribution in [-0.4, -0.2) is 38.2 Å². The highest BCUT2D eigenvalue weighted by atomic mass is 33.1. The van der Waals surface area contributed by atoms with Crippen molar-refractivity contribution in [3.8, 4) is 0 Å². The van der Waals surface area contributed by atoms with Crippen LogP contribution < -0.4 is 10.6 Å². The smallest absolute Gasteiger partial charge is 0.0162 e. The molecule has 0 saturated carbocycles. The second-order valence-corrected chi connectivity index (χ2v) is 5.55. The second-order valence-electron chi connectivity index (χ2n) is 2.85. The van der Waals surface area contributed by atoms with E-state index in [0.717, 1.165) is 13.1 Å². The molecule has 80 valence electrons. The van der Waals surface area contributed by atoms with Crippen molar-refractivity contribution < 1.29 is 0 Å². The Kier molecular flexibility index (Phi) is 13.2. The Morgan fingerprint density at radius 3 is 2.31 bits per heavy atom. The van der Waals surface area contributed by atoms with Gasteiger partial charge >= 0.3 is 0 Å². The van der Waals surface area contributed by atoms with Crippen LogP contribution in [0.3, 0.4) is 0 Å². The van der Waals surface area contributed by atoms with E-state index in [-0.39, 0.29) is 0 Å². The number of rotatable bonds is 10. The first-order valence-electron chi connectivity index (χ1n) is 5.01. The lowest BCUT2D eigenvalue weighted by atomic mass is 10.3. The van der Waals surface area contributed by atoms with Gasteiger partial charge in [0.25, 0.3) is 0 Å². The van der Waals surface area contributed by atoms with E-state index >= 15 is 0 Å². The van der Waals surface area contributed by atoms with Crippen LogP contribution in [0.2, 0.25) is 0 Å². The van der Waals surface area contributed by atoms with Crippen molar-refractivity contribution in [2.75, 3.05) is 38.2 Å². The summed E-state index contributed by atoms with van der Waals surface area (Å²) < 4.78 is 0. The summed E-state index contributed by atoms with van der Waals surface area (Å²) in [4.78, 5) is 0. The fourth-order valence-corrected chi connectivity index (χ4v) is 2.76. The lowest BCUT2D eigenvalue weighted by Crippen LogP contribution is -2.18. The predicted octanol–water partition coefficient (Wildman–Crippen LogP) is 1.98. The van der Waals surface area contributed by atoms with Gasteiger partial charge in [0.05, 0.1) is 0 Å². The molecular weight excluding hydrogens is 200 g/mol. The summed E-state index contributed by atoms with van der Waals surface area (Å²) in [7, 11) is 5.92. The maximum Gasteiger partial charge on any atom is 0.0162 e. The molecule has 2 nitrogen and oxygen atoms in total. The van der Waals surface area contributed by atoms with Crippen molar-refractivity contribution in [3.63, 3.8) is 0 Å². The number of hydrogen-bond acceptors (Lipinski definition) is 4. The predicted molar refractivity (Wildman–Crippen MR) is 66.6 cm³/mol. The highest BCUT2D eigenvalue weighted by Gasteiger charge is 1.90. The molecule has 0 rings (SSSR count). The minimum Gasteiger partial charge on any atom is -0.319 e. The lowest BCUT2D eigenvalue weighted by molar-refractivity contribution is 0.666. The fraction of sp³-hybridized carbons (Fsp3) is 1.00. The Labute approximate surface area is 90.4 Å². The average molecular weight is 222 g/mol. The van der Waals surface area contributed by atoms with Crippen LogP contribution in [0, 0.1) is 0 Å². The molecule has 2 N–H and O–H groups in total. The molecule has 0 atom stereocenters. The van der Waals surface area contributed by atoms with Gasteiger partial charge in [-0.2, -0.15) is 0 Å². The van der Waals surface area contributed by atoms with E-state index in [1.165, 1.54) is 30.9 Å². The second kappa shape index (κ2) is 12.6. The Morgan fingerprint density at radius 1 is 1.00 bits per heavy atom. The van der Waals surface area contributed by atoms with E-state index < -0.39 is 0 Å². The Hall–Kier alpha value is 0.620. The molecule has 0 saturated heterocycles. The maximum absolute atomic E-state index is 3.43. The third-order valence-corrected chi connectivity index (χ3v) is 4.00. The van der Waals surface area contributed by atoms with Gasteiger partial charge in [0, 0.05) is 24.6 Å². The molecule has 0 aromatic rings. The summed E-state index contributed by atoms with van der Waals surface area (Å²) >= 11 is 0. The molecule has 0 bridgehead atoms. The van der Waals surface area contributed by atoms with Crippen LogP contribution in [0.1, 0.15) is 19.8 Å². The average Bonchev–Trinajstić information content (AvgIpc) is 2.16. The summed E-state index contributed by atoms with van der Waals surface area (Å²) in [5.74, 6) is 2.42. The molecule has 0 fully saturated rings. The van der Waals surface area contributed by atoms with Crippen LogP contribution >= 0.6 is 21.6 Å². The zero-order valence-corrected chi connectivity index (χ0v) is 10.4. The van der Waals surface area contributed by atoms with Gasteiger partial charge in [0.1, 0.15) is 0 Å². The van der Waals surface area contributed by atoms with E-state index in [0.29, 0.717) is 0 Å². The quantitative estimate of drug-likeness (QED) is 0.436. The third kappa shape index (κ3) is 12.6. The summed E-state index contributed by atoms with van der Waals surface area (Å²) in [6, 6.07) is 0. The van der Waals surface area contributed by atoms with Crippen LogP contribution in [0.15, 0.2) is 0 Å². The van der Waals surface area contributed by atoms with E-state index in [1.54, 1.807) is 0 Å². The largest absolute Gasteiger partial charge is 0.319 e. The highest BCUT2D eigenvalue weighted by Crippen LogP contribution is 2.18. The lowest BCUT2D eigenvalue weighted by Gasteiger charge is -2.02. The van der Waals surface area contributed by atoms with E-state index in [1.807, 2.05) is 28.6 Å². The molecule has 0 aliphatic rings. The van der Waals surface area contributed by atoms with Crippen molar-refractivity contribution in [1.82, 2.24) is 10.6 Å². The topological polar surface area (TPSA) is 24.1 Å². The molecule has 0 spiro atoms. The minimum absolute atomic E-state index is 1.11. The maximum atomic E-state index is 3.43. The van der Waals surface area contributed by atoms with Gasteiger partial charge in [-0.05, 0) is 20.0 Å². The monoisotopic (exact) mass is 222 g/mol. The van der Waals surface area contributed by atoms with Gasteiger partial charge in [0.2, 0.25) is 0 Å². The van der Waals surface area contributed by atoms with Gasteiger partial charge < -0.3 is 10.6 Å². The molecule has 0 aliphatic carbocycles. The molecule has 0 aromatic carbocycles. The molecule has 0 unspecified atom stereocenters. The summed E-state index contributed by atoms with van der Waals surface area (Å²) in [5, 5.41) is 6.56. The number of hydrogen-bond donors (Lipinski definition) is 2. The normalized spacial score (nSPS) is 10.6. The summed E-state index contributed by atoms with van der Waals surface area (Å²) in [6.45, 7) is 5.67. The van der Waals surface area contributed by atoms with Gasteiger partial charge in [-0.25, -0.2) is 0 Å². The number of unbranched alkanes of at least 4 members (excludes halogenated alkanes) is 1. The zero-order chi connectivity index (χ0) is 9.78. The third-order valence-electron chi connectivity index (χ3n) is 1.59. The molecule has 0 amide bonds. The van der Waals surface area contributed by atoms with Crippen LogP contribution in [0.25, 0.3) is 0 Å². The van der Waals surface area contributed by atoms with Gasteiger partial charge in [-0.15, -0.1) is 0 Å². The van der Waals surface area contributed by atoms with E-state index in [2.05, 4.69) is 17.6 Å². The van der Waals surface area contributed by atoms with Crippen molar-refractivity contribution in [2.24, 2.45) is 0 Å². The first kappa shape index (κ1) is 13.6. The minimum atomic E-state index is 1.11. The Bertz CT molecular complexity index is 81.7. The van der Waals surface area contributed by atoms with Crippen LogP contribution in [-0.2, 0) is 0 Å². The van der Waals surface area contributed by atoms with Crippen molar-refractivity contribution in [1.29, 1.82) is 0 Å². The standard InChI is InChI=1S/C9H22N2S2/c1-3-4-5-11-7-9-13-12-8-6-10-2/h10-11H,3-9H2,1-2H3. The highest BCUT2D eigenvalue weighted by molar-refractivity contribution is 8.76. The van der Waals surface area contributed by atoms with Crippen LogP contribution in [0.4, 0.5) is 0 Å². The Balaban J connectivity index is 2.76. The van der Waals surface area contributed by atoms with E-state index in [9.17, 15) is 0 Å². The SMILES string of the molecule is CCCCNCCSSCCNC. The van der Waals surface area contributed by atoms with Crippen molar-refractivity contribution in [3.05, 3.63) is 0 Å². The number of nitrogens with one attached hydrogen (secondary N) is 2. The van der Waals surface area contributed by atoms with E-state index in [4.69, 9.17) is 0 Å². The fourth-order valence-electron chi connectivity index (χ4n) is 0.802. The molecular formula is C9H22N2S2. The molecule has 4 heteroatoms. The van der Waals surface area contributed by atoms with Gasteiger partial charge in [0.15, 0.2) is 0 Å². The first-order valence-corrected chi connectivity index (χ1v) is 7.50. The Morgan fingerprint density at radius 2 is 1.69 bits per heavy atom. The molecule has 0 heterocycles. The molecule has 0 aromatic heterocycles. The van der Waals surface area contributed by atoms with Crippen molar-refractivity contribution >= 4 is 21.6 Å².